The third kappa shape index (κ3) is 4.33. The van der Waals surface area contributed by atoms with Crippen molar-refractivity contribution in [1.82, 2.24) is 19.3 Å². The van der Waals surface area contributed by atoms with Crippen LogP contribution in [0.5, 0.6) is 0 Å². The number of ether oxygens (including phenoxy) is 1. The van der Waals surface area contributed by atoms with Crippen molar-refractivity contribution in [1.29, 1.82) is 0 Å². The van der Waals surface area contributed by atoms with Gasteiger partial charge in [0, 0.05) is 18.9 Å². The molecule has 0 aromatic carbocycles. The Balaban J connectivity index is 1.75. The Morgan fingerprint density at radius 1 is 1.44 bits per heavy atom. The quantitative estimate of drug-likeness (QED) is 0.689. The highest BCUT2D eigenvalue weighted by atomic mass is 35.5. The van der Waals surface area contributed by atoms with Gasteiger partial charge in [0.15, 0.2) is 5.15 Å². The number of carbonyl (C=O) groups is 1. The van der Waals surface area contributed by atoms with Crippen LogP contribution in [0.2, 0.25) is 5.15 Å². The van der Waals surface area contributed by atoms with Gasteiger partial charge in [0.25, 0.3) is 0 Å². The van der Waals surface area contributed by atoms with E-state index in [-0.39, 0.29) is 18.7 Å². The molecule has 1 aliphatic heterocycles. The molecule has 27 heavy (non-hydrogen) atoms. The molecule has 1 aliphatic rings. The number of hydrogen-bond donors (Lipinski definition) is 0. The number of carbonyl (C=O) groups excluding carboxylic acids is 1. The van der Waals surface area contributed by atoms with Crippen LogP contribution in [0.15, 0.2) is 42.4 Å². The van der Waals surface area contributed by atoms with Gasteiger partial charge >= 0.3 is 6.09 Å². The SMILES string of the molecule is C/C=C\C(=C/C(C)C)COC(=O)N1CCC[C@H]1c1ncc2c(Cl)nccn12. The minimum Gasteiger partial charge on any atom is -0.445 e. The zero-order chi connectivity index (χ0) is 19.4. The molecule has 1 atom stereocenters. The van der Waals surface area contributed by atoms with E-state index < -0.39 is 0 Å². The summed E-state index contributed by atoms with van der Waals surface area (Å²) in [5, 5.41) is 0.401. The van der Waals surface area contributed by atoms with Gasteiger partial charge in [-0.2, -0.15) is 0 Å². The molecule has 1 amide bonds. The molecule has 0 N–H and O–H groups in total. The second kappa shape index (κ2) is 8.57. The van der Waals surface area contributed by atoms with Gasteiger partial charge in [-0.1, -0.05) is 43.7 Å². The number of aromatic nitrogens is 3. The summed E-state index contributed by atoms with van der Waals surface area (Å²) in [7, 11) is 0. The Hall–Kier alpha value is -2.34. The van der Waals surface area contributed by atoms with E-state index in [4.69, 9.17) is 16.3 Å². The van der Waals surface area contributed by atoms with Gasteiger partial charge in [0.05, 0.1) is 12.2 Å². The molecule has 2 aromatic heterocycles. The maximum Gasteiger partial charge on any atom is 0.410 e. The minimum atomic E-state index is -0.312. The van der Waals surface area contributed by atoms with Gasteiger partial charge in [0.1, 0.15) is 17.9 Å². The van der Waals surface area contributed by atoms with Crippen molar-refractivity contribution in [3.63, 3.8) is 0 Å². The van der Waals surface area contributed by atoms with Crippen molar-refractivity contribution in [2.45, 2.75) is 39.7 Å². The summed E-state index contributed by atoms with van der Waals surface area (Å²) in [6.45, 7) is 7.08. The number of nitrogens with zero attached hydrogens (tertiary/aromatic N) is 4. The predicted molar refractivity (Wildman–Crippen MR) is 106 cm³/mol. The summed E-state index contributed by atoms with van der Waals surface area (Å²) in [5.74, 6) is 1.18. The standard InChI is InChI=1S/C20H25ClN4O2/c1-4-6-15(11-14(2)3)13-27-20(26)25-9-5-7-16(25)19-23-12-17-18(21)22-8-10-24(17)19/h4,6,8,10-12,14,16H,5,7,9,13H2,1-3H3/b6-4-,15-11+/t16-/m0/s1. The number of imidazole rings is 1. The highest BCUT2D eigenvalue weighted by Crippen LogP contribution is 2.32. The van der Waals surface area contributed by atoms with Crippen molar-refractivity contribution in [3.8, 4) is 0 Å². The van der Waals surface area contributed by atoms with Crippen molar-refractivity contribution in [3.05, 3.63) is 53.4 Å². The molecule has 3 rings (SSSR count). The van der Waals surface area contributed by atoms with E-state index in [0.717, 1.165) is 29.8 Å². The van der Waals surface area contributed by atoms with Crippen molar-refractivity contribution in [2.75, 3.05) is 13.2 Å². The lowest BCUT2D eigenvalue weighted by Crippen LogP contribution is -2.32. The summed E-state index contributed by atoms with van der Waals surface area (Å²) < 4.78 is 7.50. The molecule has 7 heteroatoms. The van der Waals surface area contributed by atoms with E-state index >= 15 is 0 Å². The van der Waals surface area contributed by atoms with E-state index in [1.54, 1.807) is 17.3 Å². The van der Waals surface area contributed by atoms with Gasteiger partial charge in [-0.05, 0) is 31.3 Å². The average molecular weight is 389 g/mol. The lowest BCUT2D eigenvalue weighted by molar-refractivity contribution is 0.105. The molecule has 1 fully saturated rings. The fourth-order valence-corrected chi connectivity index (χ4v) is 3.63. The Labute approximate surface area is 164 Å². The lowest BCUT2D eigenvalue weighted by atomic mass is 10.1. The van der Waals surface area contributed by atoms with Crippen LogP contribution in [0.1, 0.15) is 45.5 Å². The van der Waals surface area contributed by atoms with Crippen LogP contribution < -0.4 is 0 Å². The van der Waals surface area contributed by atoms with Crippen molar-refractivity contribution in [2.24, 2.45) is 5.92 Å². The summed E-state index contributed by atoms with van der Waals surface area (Å²) in [4.78, 5) is 23.1. The minimum absolute atomic E-state index is 0.127. The van der Waals surface area contributed by atoms with E-state index in [2.05, 4.69) is 29.9 Å². The van der Waals surface area contributed by atoms with E-state index in [9.17, 15) is 4.79 Å². The van der Waals surface area contributed by atoms with Crippen LogP contribution in [-0.4, -0.2) is 38.5 Å². The van der Waals surface area contributed by atoms with Crippen molar-refractivity contribution < 1.29 is 9.53 Å². The van der Waals surface area contributed by atoms with Crippen LogP contribution in [0.3, 0.4) is 0 Å². The Bertz CT molecular complexity index is 872. The third-order valence-corrected chi connectivity index (χ3v) is 4.81. The molecule has 0 radical (unpaired) electrons. The van der Waals surface area contributed by atoms with Crippen LogP contribution in [0, 0.1) is 5.92 Å². The van der Waals surface area contributed by atoms with Gasteiger partial charge in [-0.15, -0.1) is 0 Å². The number of amides is 1. The van der Waals surface area contributed by atoms with E-state index in [1.807, 2.05) is 29.7 Å². The maximum absolute atomic E-state index is 12.7. The van der Waals surface area contributed by atoms with Gasteiger partial charge in [-0.3, -0.25) is 9.30 Å². The molecular formula is C20H25ClN4O2. The summed E-state index contributed by atoms with van der Waals surface area (Å²) in [5.41, 5.74) is 1.74. The maximum atomic E-state index is 12.7. The summed E-state index contributed by atoms with van der Waals surface area (Å²) >= 11 is 6.14. The predicted octanol–water partition coefficient (Wildman–Crippen LogP) is 4.81. The molecule has 0 saturated carbocycles. The van der Waals surface area contributed by atoms with Gasteiger partial charge in [-0.25, -0.2) is 14.8 Å². The molecule has 1 saturated heterocycles. The van der Waals surface area contributed by atoms with E-state index in [1.165, 1.54) is 0 Å². The van der Waals surface area contributed by atoms with Gasteiger partial charge < -0.3 is 4.74 Å². The molecule has 0 aliphatic carbocycles. The largest absolute Gasteiger partial charge is 0.445 e. The van der Waals surface area contributed by atoms with Crippen LogP contribution in [0.4, 0.5) is 4.79 Å². The first-order valence-corrected chi connectivity index (χ1v) is 9.63. The molecule has 0 spiro atoms. The van der Waals surface area contributed by atoms with Gasteiger partial charge in [0.2, 0.25) is 0 Å². The number of likely N-dealkylation sites (tertiary alicyclic amines) is 1. The molecular weight excluding hydrogens is 364 g/mol. The Morgan fingerprint density at radius 2 is 2.26 bits per heavy atom. The zero-order valence-electron chi connectivity index (χ0n) is 15.9. The highest BCUT2D eigenvalue weighted by molar-refractivity contribution is 6.32. The molecule has 0 bridgehead atoms. The second-order valence-corrected chi connectivity index (χ2v) is 7.34. The number of halogens is 1. The molecule has 3 heterocycles. The summed E-state index contributed by atoms with van der Waals surface area (Å²) in [6.07, 6.45) is 12.6. The molecule has 6 nitrogen and oxygen atoms in total. The fourth-order valence-electron chi connectivity index (χ4n) is 3.44. The smallest absolute Gasteiger partial charge is 0.410 e. The monoisotopic (exact) mass is 388 g/mol. The first-order chi connectivity index (χ1) is 13.0. The third-order valence-electron chi connectivity index (χ3n) is 4.52. The Morgan fingerprint density at radius 3 is 3.00 bits per heavy atom. The zero-order valence-corrected chi connectivity index (χ0v) is 16.7. The van der Waals surface area contributed by atoms with E-state index in [0.29, 0.717) is 17.6 Å². The average Bonchev–Trinajstić information content (AvgIpc) is 3.26. The highest BCUT2D eigenvalue weighted by Gasteiger charge is 2.34. The first kappa shape index (κ1) is 19.4. The first-order valence-electron chi connectivity index (χ1n) is 9.25. The molecule has 144 valence electrons. The molecule has 2 aromatic rings. The second-order valence-electron chi connectivity index (χ2n) is 6.98. The number of rotatable bonds is 5. The summed E-state index contributed by atoms with van der Waals surface area (Å²) in [6, 6.07) is -0.127. The number of allylic oxidation sites excluding steroid dienone is 2. The normalized spacial score (nSPS) is 18.2. The lowest BCUT2D eigenvalue weighted by Gasteiger charge is -2.23. The Kier molecular flexibility index (Phi) is 6.16. The van der Waals surface area contributed by atoms with Crippen LogP contribution in [-0.2, 0) is 4.74 Å². The number of hydrogen-bond acceptors (Lipinski definition) is 4. The topological polar surface area (TPSA) is 59.7 Å². The molecule has 0 unspecified atom stereocenters. The number of fused-ring (bicyclic) bond motifs is 1. The van der Waals surface area contributed by atoms with Crippen LogP contribution in [0.25, 0.3) is 5.52 Å². The van der Waals surface area contributed by atoms with Crippen molar-refractivity contribution >= 4 is 23.2 Å². The van der Waals surface area contributed by atoms with Crippen LogP contribution >= 0.6 is 11.6 Å². The fraction of sp³-hybridized carbons (Fsp3) is 0.450.